The first-order chi connectivity index (χ1) is 7.69. The van der Waals surface area contributed by atoms with Gasteiger partial charge >= 0.3 is 0 Å². The van der Waals surface area contributed by atoms with E-state index in [-0.39, 0.29) is 0 Å². The number of hydrogen-bond donors (Lipinski definition) is 1. The third-order valence-electron chi connectivity index (χ3n) is 2.96. The number of aryl methyl sites for hydroxylation is 2. The van der Waals surface area contributed by atoms with Gasteiger partial charge in [-0.25, -0.2) is 0 Å². The van der Waals surface area contributed by atoms with Crippen molar-refractivity contribution in [3.63, 3.8) is 0 Å². The molecule has 1 aromatic rings. The van der Waals surface area contributed by atoms with E-state index in [0.29, 0.717) is 6.04 Å². The van der Waals surface area contributed by atoms with E-state index >= 15 is 0 Å². The van der Waals surface area contributed by atoms with Gasteiger partial charge in [-0.2, -0.15) is 0 Å². The average molecular weight is 215 g/mol. The van der Waals surface area contributed by atoms with Crippen LogP contribution >= 0.6 is 0 Å². The lowest BCUT2D eigenvalue weighted by Crippen LogP contribution is -2.20. The smallest absolute Gasteiger partial charge is 0.0329 e. The molecule has 0 saturated heterocycles. The monoisotopic (exact) mass is 215 g/mol. The lowest BCUT2D eigenvalue weighted by Gasteiger charge is -2.18. The second kappa shape index (κ2) is 6.35. The van der Waals surface area contributed by atoms with Crippen LogP contribution in [0.15, 0.2) is 18.2 Å². The molecule has 0 heterocycles. The zero-order chi connectivity index (χ0) is 12.0. The maximum absolute atomic E-state index is 5.33. The van der Waals surface area contributed by atoms with Gasteiger partial charge in [-0.1, -0.05) is 25.1 Å². The topological polar surface area (TPSA) is 12.0 Å². The molecule has 0 aliphatic heterocycles. The van der Waals surface area contributed by atoms with E-state index in [1.807, 2.05) is 0 Å². The summed E-state index contributed by atoms with van der Waals surface area (Å²) >= 11 is 0. The van der Waals surface area contributed by atoms with Crippen LogP contribution in [0.4, 0.5) is 0 Å². The Balaban J connectivity index is 2.83. The average Bonchev–Trinajstić information content (AvgIpc) is 2.28. The summed E-state index contributed by atoms with van der Waals surface area (Å²) in [6.45, 7) is 7.40. The van der Waals surface area contributed by atoms with Gasteiger partial charge in [-0.05, 0) is 43.5 Å². The first-order valence-electron chi connectivity index (χ1n) is 5.93. The first kappa shape index (κ1) is 12.8. The zero-order valence-corrected chi connectivity index (χ0v) is 10.5. The van der Waals surface area contributed by atoms with E-state index in [4.69, 9.17) is 6.42 Å². The van der Waals surface area contributed by atoms with E-state index in [0.717, 1.165) is 19.4 Å². The lowest BCUT2D eigenvalue weighted by atomic mass is 9.98. The molecule has 0 fully saturated rings. The third-order valence-corrected chi connectivity index (χ3v) is 2.96. The molecule has 0 aromatic heterocycles. The third kappa shape index (κ3) is 3.40. The molecule has 1 unspecified atom stereocenters. The van der Waals surface area contributed by atoms with E-state index < -0.39 is 0 Å². The van der Waals surface area contributed by atoms with Crippen molar-refractivity contribution in [1.29, 1.82) is 0 Å². The highest BCUT2D eigenvalue weighted by atomic mass is 14.9. The number of hydrogen-bond acceptors (Lipinski definition) is 1. The Kier molecular flexibility index (Phi) is 5.08. The van der Waals surface area contributed by atoms with Gasteiger partial charge in [-0.3, -0.25) is 0 Å². The van der Waals surface area contributed by atoms with Crippen LogP contribution in [0.3, 0.4) is 0 Å². The van der Waals surface area contributed by atoms with Crippen LogP contribution in [0.1, 0.15) is 42.5 Å². The summed E-state index contributed by atoms with van der Waals surface area (Å²) in [4.78, 5) is 0. The minimum Gasteiger partial charge on any atom is -0.310 e. The van der Waals surface area contributed by atoms with Gasteiger partial charge in [0.05, 0.1) is 0 Å². The summed E-state index contributed by atoms with van der Waals surface area (Å²) in [7, 11) is 0. The minimum absolute atomic E-state index is 0.389. The van der Waals surface area contributed by atoms with Crippen LogP contribution < -0.4 is 5.32 Å². The molecular weight excluding hydrogens is 194 g/mol. The molecule has 0 aliphatic carbocycles. The Hall–Kier alpha value is -1.26. The van der Waals surface area contributed by atoms with Crippen molar-refractivity contribution >= 4 is 0 Å². The van der Waals surface area contributed by atoms with Crippen LogP contribution in [0.5, 0.6) is 0 Å². The largest absolute Gasteiger partial charge is 0.310 e. The summed E-state index contributed by atoms with van der Waals surface area (Å²) in [6.07, 6.45) is 7.16. The molecule has 0 aliphatic rings. The maximum Gasteiger partial charge on any atom is 0.0329 e. The van der Waals surface area contributed by atoms with Crippen molar-refractivity contribution in [2.75, 3.05) is 6.54 Å². The van der Waals surface area contributed by atoms with Crippen LogP contribution in [-0.4, -0.2) is 6.54 Å². The molecule has 1 heteroatoms. The van der Waals surface area contributed by atoms with Gasteiger partial charge in [0.1, 0.15) is 0 Å². The van der Waals surface area contributed by atoms with Crippen LogP contribution in [-0.2, 0) is 0 Å². The molecule has 0 bridgehead atoms. The molecule has 0 radical (unpaired) electrons. The van der Waals surface area contributed by atoms with Crippen molar-refractivity contribution < 1.29 is 0 Å². The fourth-order valence-corrected chi connectivity index (χ4v) is 1.84. The predicted octanol–water partition coefficient (Wildman–Crippen LogP) is 3.37. The second-order valence-electron chi connectivity index (χ2n) is 4.20. The maximum atomic E-state index is 5.33. The molecule has 1 rings (SSSR count). The Morgan fingerprint density at radius 1 is 1.31 bits per heavy atom. The molecule has 1 atom stereocenters. The number of rotatable bonds is 5. The molecule has 86 valence electrons. The van der Waals surface area contributed by atoms with Gasteiger partial charge in [0, 0.05) is 12.5 Å². The number of benzene rings is 1. The molecule has 0 spiro atoms. The quantitative estimate of drug-likeness (QED) is 0.743. The fourth-order valence-electron chi connectivity index (χ4n) is 1.84. The summed E-state index contributed by atoms with van der Waals surface area (Å²) < 4.78 is 0. The highest BCUT2D eigenvalue weighted by Crippen LogP contribution is 2.20. The lowest BCUT2D eigenvalue weighted by molar-refractivity contribution is 0.522. The van der Waals surface area contributed by atoms with Gasteiger partial charge in [0.2, 0.25) is 0 Å². The first-order valence-corrected chi connectivity index (χ1v) is 5.93. The SMILES string of the molecule is C#CCCC(NCC)c1ccc(C)c(C)c1. The summed E-state index contributed by atoms with van der Waals surface area (Å²) in [5, 5.41) is 3.48. The number of nitrogens with one attached hydrogen (secondary N) is 1. The molecule has 16 heavy (non-hydrogen) atoms. The molecule has 1 aromatic carbocycles. The van der Waals surface area contributed by atoms with E-state index in [1.54, 1.807) is 0 Å². The Morgan fingerprint density at radius 2 is 2.06 bits per heavy atom. The summed E-state index contributed by atoms with van der Waals surface area (Å²) in [5.74, 6) is 2.71. The van der Waals surface area contributed by atoms with E-state index in [2.05, 4.69) is 50.2 Å². The fraction of sp³-hybridized carbons (Fsp3) is 0.467. The van der Waals surface area contributed by atoms with Gasteiger partial charge in [-0.15, -0.1) is 12.3 Å². The van der Waals surface area contributed by atoms with Gasteiger partial charge in [0.15, 0.2) is 0 Å². The van der Waals surface area contributed by atoms with Crippen LogP contribution in [0, 0.1) is 26.2 Å². The van der Waals surface area contributed by atoms with Gasteiger partial charge in [0.25, 0.3) is 0 Å². The van der Waals surface area contributed by atoms with Crippen LogP contribution in [0.2, 0.25) is 0 Å². The zero-order valence-electron chi connectivity index (χ0n) is 10.5. The second-order valence-corrected chi connectivity index (χ2v) is 4.20. The van der Waals surface area contributed by atoms with Crippen molar-refractivity contribution in [3.05, 3.63) is 34.9 Å². The highest BCUT2D eigenvalue weighted by molar-refractivity contribution is 5.31. The Morgan fingerprint density at radius 3 is 2.62 bits per heavy atom. The van der Waals surface area contributed by atoms with E-state index in [1.165, 1.54) is 16.7 Å². The number of terminal acetylenes is 1. The molecular formula is C15H21N. The molecule has 0 saturated carbocycles. The highest BCUT2D eigenvalue weighted by Gasteiger charge is 2.09. The van der Waals surface area contributed by atoms with Crippen molar-refractivity contribution in [2.45, 2.75) is 39.7 Å². The predicted molar refractivity (Wildman–Crippen MR) is 70.4 cm³/mol. The molecule has 1 N–H and O–H groups in total. The van der Waals surface area contributed by atoms with Crippen LogP contribution in [0.25, 0.3) is 0 Å². The summed E-state index contributed by atoms with van der Waals surface area (Å²) in [6, 6.07) is 7.04. The Bertz CT molecular complexity index is 374. The minimum atomic E-state index is 0.389. The molecule has 0 amide bonds. The molecule has 1 nitrogen and oxygen atoms in total. The Labute approximate surface area is 99.3 Å². The summed E-state index contributed by atoms with van der Waals surface area (Å²) in [5.41, 5.74) is 4.04. The van der Waals surface area contributed by atoms with Crippen molar-refractivity contribution in [2.24, 2.45) is 0 Å². The van der Waals surface area contributed by atoms with Crippen molar-refractivity contribution in [1.82, 2.24) is 5.32 Å². The normalized spacial score (nSPS) is 12.1. The van der Waals surface area contributed by atoms with Crippen molar-refractivity contribution in [3.8, 4) is 12.3 Å². The van der Waals surface area contributed by atoms with E-state index in [9.17, 15) is 0 Å². The standard InChI is InChI=1S/C15H21N/c1-5-7-8-15(16-6-2)14-10-9-12(3)13(4)11-14/h1,9-11,15-16H,6-8H2,2-4H3. The van der Waals surface area contributed by atoms with Gasteiger partial charge < -0.3 is 5.32 Å².